The molecule has 0 atom stereocenters. The van der Waals surface area contributed by atoms with Crippen molar-refractivity contribution in [2.75, 3.05) is 13.7 Å². The SMILES string of the molecule is COc1ccc(OCCCCCCn2cnc(C(=O)O)c2C(=O)O)c(Cl)c1. The van der Waals surface area contributed by atoms with E-state index < -0.39 is 17.6 Å². The van der Waals surface area contributed by atoms with E-state index in [1.165, 1.54) is 10.9 Å². The molecule has 2 aromatic rings. The molecule has 0 radical (unpaired) electrons. The Morgan fingerprint density at radius 3 is 2.52 bits per heavy atom. The van der Waals surface area contributed by atoms with Crippen LogP contribution in [0, 0.1) is 0 Å². The number of nitrogens with zero attached hydrogens (tertiary/aromatic N) is 2. The largest absolute Gasteiger partial charge is 0.497 e. The minimum absolute atomic E-state index is 0.292. The molecule has 0 bridgehead atoms. The number of methoxy groups -OCH3 is 1. The fourth-order valence-corrected chi connectivity index (χ4v) is 2.80. The van der Waals surface area contributed by atoms with Crippen LogP contribution in [0.2, 0.25) is 5.02 Å². The predicted molar refractivity (Wildman–Crippen MR) is 98.1 cm³/mol. The zero-order chi connectivity index (χ0) is 19.8. The van der Waals surface area contributed by atoms with E-state index in [-0.39, 0.29) is 5.69 Å². The van der Waals surface area contributed by atoms with E-state index >= 15 is 0 Å². The van der Waals surface area contributed by atoms with E-state index in [0.717, 1.165) is 19.3 Å². The van der Waals surface area contributed by atoms with Crippen molar-refractivity contribution in [3.8, 4) is 11.5 Å². The van der Waals surface area contributed by atoms with Crippen molar-refractivity contribution in [2.24, 2.45) is 0 Å². The number of aromatic carboxylic acids is 2. The number of aromatic nitrogens is 2. The highest BCUT2D eigenvalue weighted by Crippen LogP contribution is 2.28. The van der Waals surface area contributed by atoms with Gasteiger partial charge in [-0.1, -0.05) is 24.4 Å². The smallest absolute Gasteiger partial charge is 0.357 e. The summed E-state index contributed by atoms with van der Waals surface area (Å²) in [7, 11) is 1.57. The molecule has 2 rings (SSSR count). The Kier molecular flexibility index (Phi) is 7.48. The Bertz CT molecular complexity index is 805. The van der Waals surface area contributed by atoms with Gasteiger partial charge in [-0.25, -0.2) is 14.6 Å². The summed E-state index contributed by atoms with van der Waals surface area (Å²) in [6.07, 6.45) is 4.51. The first kappa shape index (κ1) is 20.6. The summed E-state index contributed by atoms with van der Waals surface area (Å²) < 4.78 is 12.1. The van der Waals surface area contributed by atoms with Gasteiger partial charge in [0.05, 0.1) is 25.1 Å². The average Bonchev–Trinajstić information content (AvgIpc) is 3.06. The van der Waals surface area contributed by atoms with Gasteiger partial charge in [0.15, 0.2) is 11.4 Å². The molecule has 1 aromatic carbocycles. The number of imidazole rings is 1. The molecule has 0 spiro atoms. The second kappa shape index (κ2) is 9.82. The van der Waals surface area contributed by atoms with E-state index in [0.29, 0.717) is 36.1 Å². The minimum Gasteiger partial charge on any atom is -0.497 e. The normalized spacial score (nSPS) is 10.6. The van der Waals surface area contributed by atoms with Gasteiger partial charge >= 0.3 is 11.9 Å². The van der Waals surface area contributed by atoms with Crippen molar-refractivity contribution in [2.45, 2.75) is 32.2 Å². The van der Waals surface area contributed by atoms with Crippen LogP contribution in [0.1, 0.15) is 46.7 Å². The number of carbonyl (C=O) groups is 2. The van der Waals surface area contributed by atoms with E-state index in [1.807, 2.05) is 0 Å². The third kappa shape index (κ3) is 5.62. The summed E-state index contributed by atoms with van der Waals surface area (Å²) >= 11 is 6.10. The number of halogens is 1. The molecule has 8 nitrogen and oxygen atoms in total. The van der Waals surface area contributed by atoms with Crippen LogP contribution in [0.25, 0.3) is 0 Å². The van der Waals surface area contributed by atoms with Gasteiger partial charge in [-0.3, -0.25) is 0 Å². The Balaban J connectivity index is 1.71. The summed E-state index contributed by atoms with van der Waals surface area (Å²) in [5, 5.41) is 18.6. The minimum atomic E-state index is -1.35. The number of carboxylic acids is 2. The van der Waals surface area contributed by atoms with Crippen molar-refractivity contribution in [3.63, 3.8) is 0 Å². The lowest BCUT2D eigenvalue weighted by Crippen LogP contribution is -2.13. The molecule has 0 aliphatic rings. The van der Waals surface area contributed by atoms with Crippen LogP contribution < -0.4 is 9.47 Å². The molecule has 0 unspecified atom stereocenters. The molecule has 0 amide bonds. The lowest BCUT2D eigenvalue weighted by atomic mass is 10.2. The van der Waals surface area contributed by atoms with E-state index in [2.05, 4.69) is 4.98 Å². The fraction of sp³-hybridized carbons (Fsp3) is 0.389. The molecule has 0 fully saturated rings. The van der Waals surface area contributed by atoms with Crippen LogP contribution in [0.15, 0.2) is 24.5 Å². The number of aryl methyl sites for hydroxylation is 1. The maximum absolute atomic E-state index is 11.2. The number of hydrogen-bond acceptors (Lipinski definition) is 5. The van der Waals surface area contributed by atoms with Crippen LogP contribution in [0.4, 0.5) is 0 Å². The highest BCUT2D eigenvalue weighted by Gasteiger charge is 2.22. The standard InChI is InChI=1S/C18H21ClN2O6/c1-26-12-6-7-14(13(19)10-12)27-9-5-3-2-4-8-21-11-20-15(17(22)23)16(21)18(24)25/h6-7,10-11H,2-5,8-9H2,1H3,(H,22,23)(H,24,25). The Morgan fingerprint density at radius 1 is 1.15 bits per heavy atom. The number of benzene rings is 1. The first-order chi connectivity index (χ1) is 12.9. The highest BCUT2D eigenvalue weighted by atomic mass is 35.5. The summed E-state index contributed by atoms with van der Waals surface area (Å²) in [4.78, 5) is 25.9. The van der Waals surface area contributed by atoms with E-state index in [9.17, 15) is 9.59 Å². The quantitative estimate of drug-likeness (QED) is 0.558. The van der Waals surface area contributed by atoms with Gasteiger partial charge in [-0.2, -0.15) is 0 Å². The Hall–Kier alpha value is -2.74. The van der Waals surface area contributed by atoms with Gasteiger partial charge in [0.1, 0.15) is 11.5 Å². The molecule has 1 heterocycles. The fourth-order valence-electron chi connectivity index (χ4n) is 2.58. The Labute approximate surface area is 161 Å². The first-order valence-electron chi connectivity index (χ1n) is 8.42. The number of rotatable bonds is 11. The lowest BCUT2D eigenvalue weighted by molar-refractivity contribution is 0.0640. The van der Waals surface area contributed by atoms with Crippen LogP contribution in [0.5, 0.6) is 11.5 Å². The number of ether oxygens (including phenoxy) is 2. The van der Waals surface area contributed by atoms with Gasteiger partial charge in [-0.15, -0.1) is 0 Å². The second-order valence-corrected chi connectivity index (χ2v) is 6.21. The lowest BCUT2D eigenvalue weighted by Gasteiger charge is -2.09. The monoisotopic (exact) mass is 396 g/mol. The third-order valence-corrected chi connectivity index (χ3v) is 4.23. The zero-order valence-corrected chi connectivity index (χ0v) is 15.6. The molecular weight excluding hydrogens is 376 g/mol. The maximum atomic E-state index is 11.2. The molecule has 0 aliphatic carbocycles. The molecule has 0 saturated heterocycles. The van der Waals surface area contributed by atoms with Crippen LogP contribution in [-0.2, 0) is 6.54 Å². The highest BCUT2D eigenvalue weighted by molar-refractivity contribution is 6.32. The zero-order valence-electron chi connectivity index (χ0n) is 14.9. The van der Waals surface area contributed by atoms with Gasteiger partial charge in [0.2, 0.25) is 0 Å². The summed E-state index contributed by atoms with van der Waals surface area (Å²) in [6.45, 7) is 0.910. The predicted octanol–water partition coefficient (Wildman–Crippen LogP) is 3.58. The van der Waals surface area contributed by atoms with Gasteiger partial charge in [0, 0.05) is 12.6 Å². The van der Waals surface area contributed by atoms with Gasteiger partial charge in [0.25, 0.3) is 0 Å². The second-order valence-electron chi connectivity index (χ2n) is 5.80. The molecule has 27 heavy (non-hydrogen) atoms. The molecule has 0 aliphatic heterocycles. The molecule has 2 N–H and O–H groups in total. The van der Waals surface area contributed by atoms with Crippen molar-refractivity contribution in [1.29, 1.82) is 0 Å². The van der Waals surface area contributed by atoms with Gasteiger partial charge < -0.3 is 24.3 Å². The van der Waals surface area contributed by atoms with Crippen molar-refractivity contribution >= 4 is 23.5 Å². The summed E-state index contributed by atoms with van der Waals surface area (Å²) in [5.41, 5.74) is -0.729. The van der Waals surface area contributed by atoms with Crippen molar-refractivity contribution < 1.29 is 29.3 Å². The van der Waals surface area contributed by atoms with Gasteiger partial charge in [-0.05, 0) is 25.0 Å². The number of hydrogen-bond donors (Lipinski definition) is 2. The van der Waals surface area contributed by atoms with Crippen LogP contribution >= 0.6 is 11.6 Å². The third-order valence-electron chi connectivity index (χ3n) is 3.93. The van der Waals surface area contributed by atoms with Crippen LogP contribution in [0.3, 0.4) is 0 Å². The Morgan fingerprint density at radius 2 is 1.89 bits per heavy atom. The van der Waals surface area contributed by atoms with Crippen LogP contribution in [-0.4, -0.2) is 45.4 Å². The molecule has 146 valence electrons. The van der Waals surface area contributed by atoms with E-state index in [4.69, 9.17) is 31.3 Å². The average molecular weight is 397 g/mol. The summed E-state index contributed by atoms with van der Waals surface area (Å²) in [6, 6.07) is 5.22. The number of unbranched alkanes of at least 4 members (excludes halogenated alkanes) is 3. The van der Waals surface area contributed by atoms with E-state index in [1.54, 1.807) is 25.3 Å². The topological polar surface area (TPSA) is 111 Å². The molecule has 0 saturated carbocycles. The first-order valence-corrected chi connectivity index (χ1v) is 8.80. The van der Waals surface area contributed by atoms with Crippen molar-refractivity contribution in [3.05, 3.63) is 40.9 Å². The molecule has 9 heteroatoms. The maximum Gasteiger partial charge on any atom is 0.357 e. The number of carboxylic acid groups (broad SMARTS) is 2. The molecular formula is C18H21ClN2O6. The van der Waals surface area contributed by atoms with Crippen molar-refractivity contribution in [1.82, 2.24) is 9.55 Å². The molecule has 1 aromatic heterocycles. The summed E-state index contributed by atoms with van der Waals surface area (Å²) in [5.74, 6) is -1.38.